The van der Waals surface area contributed by atoms with E-state index >= 15 is 0 Å². The fraction of sp³-hybridized carbons (Fsp3) is 0.722. The van der Waals surface area contributed by atoms with Crippen molar-refractivity contribution < 1.29 is 9.53 Å². The molecule has 0 radical (unpaired) electrons. The van der Waals surface area contributed by atoms with Gasteiger partial charge in [0.2, 0.25) is 0 Å². The summed E-state index contributed by atoms with van der Waals surface area (Å²) in [7, 11) is 3.73. The second kappa shape index (κ2) is 10.3. The van der Waals surface area contributed by atoms with Crippen LogP contribution in [0.5, 0.6) is 0 Å². The number of aromatic nitrogens is 2. The summed E-state index contributed by atoms with van der Waals surface area (Å²) in [6, 6.07) is 3.53. The van der Waals surface area contributed by atoms with E-state index in [1.165, 1.54) is 48.9 Å². The summed E-state index contributed by atoms with van der Waals surface area (Å²) in [6.07, 6.45) is 7.50. The van der Waals surface area contributed by atoms with Crippen LogP contribution in [0.1, 0.15) is 49.0 Å². The van der Waals surface area contributed by atoms with E-state index in [-0.39, 0.29) is 17.2 Å². The zero-order valence-corrected chi connectivity index (χ0v) is 15.4. The molecular formula is C18H30N4O3. The van der Waals surface area contributed by atoms with Crippen LogP contribution >= 0.6 is 0 Å². The highest BCUT2D eigenvalue weighted by atomic mass is 16.5. The molecule has 1 amide bonds. The molecule has 0 aliphatic heterocycles. The van der Waals surface area contributed by atoms with E-state index in [1.807, 2.05) is 0 Å². The number of hydrogen-bond acceptors (Lipinski definition) is 5. The van der Waals surface area contributed by atoms with E-state index in [0.717, 1.165) is 13.0 Å². The molecule has 7 heteroatoms. The van der Waals surface area contributed by atoms with Crippen LogP contribution in [0.4, 0.5) is 0 Å². The average Bonchev–Trinajstić information content (AvgIpc) is 2.65. The third kappa shape index (κ3) is 6.25. The number of nitrogens with one attached hydrogen (secondary N) is 1. The summed E-state index contributed by atoms with van der Waals surface area (Å²) >= 11 is 0. The molecule has 0 saturated heterocycles. The van der Waals surface area contributed by atoms with Crippen LogP contribution in [-0.4, -0.2) is 60.5 Å². The van der Waals surface area contributed by atoms with Crippen molar-refractivity contribution in [3.63, 3.8) is 0 Å². The molecule has 1 saturated carbocycles. The molecule has 0 atom stereocenters. The van der Waals surface area contributed by atoms with E-state index < -0.39 is 0 Å². The Morgan fingerprint density at radius 1 is 1.36 bits per heavy atom. The topological polar surface area (TPSA) is 76.5 Å². The van der Waals surface area contributed by atoms with Gasteiger partial charge in [0.05, 0.1) is 13.2 Å². The Balaban J connectivity index is 1.75. The number of nitrogens with zero attached hydrogens (tertiary/aromatic N) is 3. The van der Waals surface area contributed by atoms with Gasteiger partial charge >= 0.3 is 0 Å². The number of hydrogen-bond donors (Lipinski definition) is 1. The monoisotopic (exact) mass is 350 g/mol. The first-order valence-corrected chi connectivity index (χ1v) is 9.17. The highest BCUT2D eigenvalue weighted by Crippen LogP contribution is 2.21. The Hall–Kier alpha value is -1.73. The Morgan fingerprint density at radius 3 is 2.84 bits per heavy atom. The predicted octanol–water partition coefficient (Wildman–Crippen LogP) is 1.27. The maximum absolute atomic E-state index is 12.2. The first-order valence-electron chi connectivity index (χ1n) is 9.17. The number of rotatable bonds is 9. The number of ether oxygens (including phenoxy) is 1. The first-order chi connectivity index (χ1) is 12.1. The molecule has 1 aromatic rings. The van der Waals surface area contributed by atoms with Crippen molar-refractivity contribution in [2.75, 3.05) is 33.9 Å². The normalized spacial score (nSPS) is 15.5. The Kier molecular flexibility index (Phi) is 8.08. The molecule has 2 rings (SSSR count). The maximum atomic E-state index is 12.2. The summed E-state index contributed by atoms with van der Waals surface area (Å²) in [5.74, 6) is -0.244. The molecule has 0 unspecified atom stereocenters. The van der Waals surface area contributed by atoms with Crippen molar-refractivity contribution >= 4 is 5.91 Å². The summed E-state index contributed by atoms with van der Waals surface area (Å²) in [4.78, 5) is 26.3. The van der Waals surface area contributed by atoms with E-state index in [4.69, 9.17) is 4.74 Å². The minimum Gasteiger partial charge on any atom is -0.383 e. The summed E-state index contributed by atoms with van der Waals surface area (Å²) in [5, 5.41) is 6.98. The zero-order valence-electron chi connectivity index (χ0n) is 15.4. The van der Waals surface area contributed by atoms with Crippen LogP contribution in [0.25, 0.3) is 0 Å². The average molecular weight is 350 g/mol. The van der Waals surface area contributed by atoms with Gasteiger partial charge in [-0.2, -0.15) is 5.10 Å². The summed E-state index contributed by atoms with van der Waals surface area (Å²) < 4.78 is 6.21. The van der Waals surface area contributed by atoms with Gasteiger partial charge in [-0.3, -0.25) is 9.59 Å². The fourth-order valence-electron chi connectivity index (χ4n) is 3.23. The standard InChI is InChI=1S/C18H30N4O3/c1-21(15-7-4-3-5-8-15)12-6-11-19-18(24)16-9-10-17(23)22(20-16)13-14-25-2/h9-10,15H,3-8,11-14H2,1-2H3,(H,19,24). The second-order valence-corrected chi connectivity index (χ2v) is 6.65. The number of methoxy groups -OCH3 is 1. The molecule has 25 heavy (non-hydrogen) atoms. The Morgan fingerprint density at radius 2 is 2.12 bits per heavy atom. The molecule has 1 fully saturated rings. The zero-order chi connectivity index (χ0) is 18.1. The Labute approximate surface area is 149 Å². The van der Waals surface area contributed by atoms with Crippen LogP contribution in [0.15, 0.2) is 16.9 Å². The van der Waals surface area contributed by atoms with Crippen molar-refractivity contribution in [1.82, 2.24) is 20.0 Å². The van der Waals surface area contributed by atoms with Gasteiger partial charge in [0.25, 0.3) is 11.5 Å². The van der Waals surface area contributed by atoms with Crippen molar-refractivity contribution in [2.45, 2.75) is 51.1 Å². The van der Waals surface area contributed by atoms with Gasteiger partial charge in [-0.25, -0.2) is 4.68 Å². The molecule has 0 bridgehead atoms. The quantitative estimate of drug-likeness (QED) is 0.679. The molecule has 0 spiro atoms. The van der Waals surface area contributed by atoms with Gasteiger partial charge in [0.1, 0.15) is 5.69 Å². The highest BCUT2D eigenvalue weighted by molar-refractivity contribution is 5.91. The van der Waals surface area contributed by atoms with Gasteiger partial charge in [0.15, 0.2) is 0 Å². The minimum absolute atomic E-state index is 0.234. The van der Waals surface area contributed by atoms with Gasteiger partial charge in [-0.1, -0.05) is 19.3 Å². The van der Waals surface area contributed by atoms with Gasteiger partial charge in [-0.05, 0) is 38.9 Å². The molecule has 1 aliphatic rings. The van der Waals surface area contributed by atoms with Crippen LogP contribution < -0.4 is 10.9 Å². The molecule has 140 valence electrons. The largest absolute Gasteiger partial charge is 0.383 e. The number of carbonyl (C=O) groups excluding carboxylic acids is 1. The highest BCUT2D eigenvalue weighted by Gasteiger charge is 2.17. The van der Waals surface area contributed by atoms with Crippen LogP contribution in [-0.2, 0) is 11.3 Å². The van der Waals surface area contributed by atoms with Crippen LogP contribution in [0, 0.1) is 0 Å². The SMILES string of the molecule is COCCn1nc(C(=O)NCCCN(C)C2CCCCC2)ccc1=O. The lowest BCUT2D eigenvalue weighted by Crippen LogP contribution is -2.36. The lowest BCUT2D eigenvalue weighted by molar-refractivity contribution is 0.0942. The minimum atomic E-state index is -0.244. The van der Waals surface area contributed by atoms with E-state index in [1.54, 1.807) is 7.11 Å². The number of carbonyl (C=O) groups is 1. The number of amides is 1. The van der Waals surface area contributed by atoms with Crippen molar-refractivity contribution in [3.8, 4) is 0 Å². The lowest BCUT2D eigenvalue weighted by atomic mass is 9.94. The van der Waals surface area contributed by atoms with Gasteiger partial charge < -0.3 is 15.0 Å². The lowest BCUT2D eigenvalue weighted by Gasteiger charge is -2.31. The van der Waals surface area contributed by atoms with Crippen molar-refractivity contribution in [2.24, 2.45) is 0 Å². The van der Waals surface area contributed by atoms with Crippen LogP contribution in [0.3, 0.4) is 0 Å². The smallest absolute Gasteiger partial charge is 0.271 e. The summed E-state index contributed by atoms with van der Waals surface area (Å²) in [5.41, 5.74) is 0.0269. The first kappa shape index (κ1) is 19.6. The maximum Gasteiger partial charge on any atom is 0.271 e. The second-order valence-electron chi connectivity index (χ2n) is 6.65. The van der Waals surface area contributed by atoms with E-state index in [0.29, 0.717) is 25.7 Å². The van der Waals surface area contributed by atoms with Crippen LogP contribution in [0.2, 0.25) is 0 Å². The van der Waals surface area contributed by atoms with Crippen molar-refractivity contribution in [1.29, 1.82) is 0 Å². The van der Waals surface area contributed by atoms with E-state index in [2.05, 4.69) is 22.4 Å². The summed E-state index contributed by atoms with van der Waals surface area (Å²) in [6.45, 7) is 2.30. The van der Waals surface area contributed by atoms with E-state index in [9.17, 15) is 9.59 Å². The predicted molar refractivity (Wildman–Crippen MR) is 96.8 cm³/mol. The fourth-order valence-corrected chi connectivity index (χ4v) is 3.23. The van der Waals surface area contributed by atoms with Gasteiger partial charge in [0, 0.05) is 25.8 Å². The molecule has 1 N–H and O–H groups in total. The van der Waals surface area contributed by atoms with Gasteiger partial charge in [-0.15, -0.1) is 0 Å². The molecular weight excluding hydrogens is 320 g/mol. The third-order valence-electron chi connectivity index (χ3n) is 4.78. The molecule has 1 heterocycles. The Bertz CT molecular complexity index is 596. The molecule has 0 aromatic carbocycles. The van der Waals surface area contributed by atoms with Crippen molar-refractivity contribution in [3.05, 3.63) is 28.2 Å². The molecule has 1 aliphatic carbocycles. The molecule has 7 nitrogen and oxygen atoms in total. The third-order valence-corrected chi connectivity index (χ3v) is 4.78. The molecule has 1 aromatic heterocycles.